The first-order valence-electron chi connectivity index (χ1n) is 5.15. The number of nitrogens with two attached hydrogens (primary N) is 1. The Morgan fingerprint density at radius 3 is 3.06 bits per heavy atom. The molecule has 0 amide bonds. The summed E-state index contributed by atoms with van der Waals surface area (Å²) in [5, 5.41) is 3.47. The number of carbonyl (C=O) groups excluding carboxylic acids is 1. The molecule has 7 nitrogen and oxygen atoms in total. The van der Waals surface area contributed by atoms with Gasteiger partial charge in [0.25, 0.3) is 5.56 Å². The molecule has 94 valence electrons. The second-order valence-corrected chi connectivity index (χ2v) is 3.62. The highest BCUT2D eigenvalue weighted by molar-refractivity contribution is 5.69. The Bertz CT molecular complexity index is 589. The molecule has 0 saturated carbocycles. The van der Waals surface area contributed by atoms with Crippen LogP contribution in [-0.4, -0.2) is 15.7 Å². The van der Waals surface area contributed by atoms with Gasteiger partial charge in [0.2, 0.25) is 0 Å². The maximum Gasteiger partial charge on any atom is 0.326 e. The Balaban J connectivity index is 1.95. The molecule has 0 unspecified atom stereocenters. The van der Waals surface area contributed by atoms with E-state index in [2.05, 4.69) is 9.68 Å². The van der Waals surface area contributed by atoms with Gasteiger partial charge in [-0.3, -0.25) is 9.59 Å². The predicted molar refractivity (Wildman–Crippen MR) is 61.4 cm³/mol. The second-order valence-electron chi connectivity index (χ2n) is 3.62. The minimum atomic E-state index is -0.538. The van der Waals surface area contributed by atoms with Crippen molar-refractivity contribution in [3.63, 3.8) is 0 Å². The lowest BCUT2D eigenvalue weighted by Crippen LogP contribution is -2.24. The molecule has 7 heteroatoms. The zero-order valence-corrected chi connectivity index (χ0v) is 9.41. The van der Waals surface area contributed by atoms with Crippen LogP contribution >= 0.6 is 0 Å². The Morgan fingerprint density at radius 1 is 1.50 bits per heavy atom. The number of anilines is 1. The van der Waals surface area contributed by atoms with Crippen LogP contribution in [-0.2, 0) is 22.7 Å². The van der Waals surface area contributed by atoms with Crippen LogP contribution in [0.15, 0.2) is 40.1 Å². The summed E-state index contributed by atoms with van der Waals surface area (Å²) in [4.78, 5) is 22.9. The monoisotopic (exact) mass is 249 g/mol. The standard InChI is InChI=1S/C11H11N3O4/c12-9-1-2-10(15)14(4-9)5-11(16)17-6-8-3-13-18-7-8/h1-4,7H,5-6,12H2. The van der Waals surface area contributed by atoms with Crippen molar-refractivity contribution in [2.75, 3.05) is 5.73 Å². The first kappa shape index (κ1) is 11.9. The third kappa shape index (κ3) is 2.97. The van der Waals surface area contributed by atoms with E-state index in [-0.39, 0.29) is 18.7 Å². The first-order chi connectivity index (χ1) is 8.65. The van der Waals surface area contributed by atoms with Gasteiger partial charge in [-0.1, -0.05) is 5.16 Å². The SMILES string of the molecule is Nc1ccc(=O)n(CC(=O)OCc2cnoc2)c1. The predicted octanol–water partition coefficient (Wildman–Crippen LogP) is 0.162. The number of rotatable bonds is 4. The van der Waals surface area contributed by atoms with Crippen LogP contribution in [0.5, 0.6) is 0 Å². The normalized spacial score (nSPS) is 10.2. The van der Waals surface area contributed by atoms with Gasteiger partial charge in [-0.2, -0.15) is 0 Å². The fourth-order valence-electron chi connectivity index (χ4n) is 1.32. The quantitative estimate of drug-likeness (QED) is 0.775. The molecule has 2 aromatic heterocycles. The number of nitrogens with zero attached hydrogens (tertiary/aromatic N) is 2. The number of nitrogen functional groups attached to an aromatic ring is 1. The van der Waals surface area contributed by atoms with Crippen LogP contribution in [0.4, 0.5) is 5.69 Å². The number of hydrogen-bond acceptors (Lipinski definition) is 6. The smallest absolute Gasteiger partial charge is 0.326 e. The molecular weight excluding hydrogens is 238 g/mol. The first-order valence-corrected chi connectivity index (χ1v) is 5.15. The van der Waals surface area contributed by atoms with E-state index in [1.54, 1.807) is 0 Å². The van der Waals surface area contributed by atoms with E-state index >= 15 is 0 Å². The van der Waals surface area contributed by atoms with Gasteiger partial charge >= 0.3 is 5.97 Å². The Hall–Kier alpha value is -2.57. The van der Waals surface area contributed by atoms with Gasteiger partial charge in [0.1, 0.15) is 19.4 Å². The summed E-state index contributed by atoms with van der Waals surface area (Å²) in [7, 11) is 0. The van der Waals surface area contributed by atoms with Crippen molar-refractivity contribution in [2.45, 2.75) is 13.2 Å². The van der Waals surface area contributed by atoms with Crippen LogP contribution in [0, 0.1) is 0 Å². The highest BCUT2D eigenvalue weighted by Gasteiger charge is 2.07. The van der Waals surface area contributed by atoms with Crippen LogP contribution in [0.1, 0.15) is 5.56 Å². The molecule has 0 fully saturated rings. The molecule has 0 atom stereocenters. The van der Waals surface area contributed by atoms with Gasteiger partial charge in [0, 0.05) is 23.5 Å². The van der Waals surface area contributed by atoms with Crippen molar-refractivity contribution < 1.29 is 14.1 Å². The number of aromatic nitrogens is 2. The fraction of sp³-hybridized carbons (Fsp3) is 0.182. The summed E-state index contributed by atoms with van der Waals surface area (Å²) in [5.41, 5.74) is 6.25. The van der Waals surface area contributed by atoms with E-state index in [9.17, 15) is 9.59 Å². The molecular formula is C11H11N3O4. The van der Waals surface area contributed by atoms with Crippen molar-refractivity contribution in [1.82, 2.24) is 9.72 Å². The van der Waals surface area contributed by atoms with E-state index in [0.29, 0.717) is 11.3 Å². The van der Waals surface area contributed by atoms with E-state index in [1.807, 2.05) is 0 Å². The number of ether oxygens (including phenoxy) is 1. The minimum Gasteiger partial charge on any atom is -0.459 e. The number of hydrogen-bond donors (Lipinski definition) is 1. The van der Waals surface area contributed by atoms with Gasteiger partial charge in [-0.25, -0.2) is 0 Å². The lowest BCUT2D eigenvalue weighted by atomic mass is 10.4. The molecule has 0 bridgehead atoms. The molecule has 0 aliphatic heterocycles. The van der Waals surface area contributed by atoms with Crippen molar-refractivity contribution in [2.24, 2.45) is 0 Å². The van der Waals surface area contributed by atoms with Crippen molar-refractivity contribution in [3.05, 3.63) is 46.7 Å². The van der Waals surface area contributed by atoms with E-state index in [1.165, 1.54) is 35.4 Å². The van der Waals surface area contributed by atoms with E-state index in [4.69, 9.17) is 10.5 Å². The van der Waals surface area contributed by atoms with E-state index < -0.39 is 5.97 Å². The summed E-state index contributed by atoms with van der Waals surface area (Å²) >= 11 is 0. The third-order valence-corrected chi connectivity index (χ3v) is 2.19. The van der Waals surface area contributed by atoms with Crippen LogP contribution < -0.4 is 11.3 Å². The summed E-state index contributed by atoms with van der Waals surface area (Å²) in [6, 6.07) is 2.77. The van der Waals surface area contributed by atoms with Gasteiger partial charge in [-0.05, 0) is 6.07 Å². The van der Waals surface area contributed by atoms with Crippen molar-refractivity contribution >= 4 is 11.7 Å². The van der Waals surface area contributed by atoms with E-state index in [0.717, 1.165) is 0 Å². The average molecular weight is 249 g/mol. The highest BCUT2D eigenvalue weighted by Crippen LogP contribution is 2.00. The van der Waals surface area contributed by atoms with Crippen LogP contribution in [0.25, 0.3) is 0 Å². The zero-order valence-electron chi connectivity index (χ0n) is 9.41. The number of carbonyl (C=O) groups is 1. The molecule has 2 aromatic rings. The fourth-order valence-corrected chi connectivity index (χ4v) is 1.32. The Morgan fingerprint density at radius 2 is 2.33 bits per heavy atom. The molecule has 0 saturated heterocycles. The number of pyridine rings is 1. The van der Waals surface area contributed by atoms with Crippen molar-refractivity contribution in [1.29, 1.82) is 0 Å². The zero-order chi connectivity index (χ0) is 13.0. The number of esters is 1. The summed E-state index contributed by atoms with van der Waals surface area (Å²) in [5.74, 6) is -0.538. The molecule has 0 aromatic carbocycles. The summed E-state index contributed by atoms with van der Waals surface area (Å²) < 4.78 is 10.7. The molecule has 0 aliphatic rings. The molecule has 2 rings (SSSR count). The second kappa shape index (κ2) is 5.17. The van der Waals surface area contributed by atoms with Gasteiger partial charge < -0.3 is 19.6 Å². The average Bonchev–Trinajstić information content (AvgIpc) is 2.84. The van der Waals surface area contributed by atoms with Gasteiger partial charge in [0.05, 0.1) is 6.20 Å². The molecule has 0 aliphatic carbocycles. The molecule has 0 radical (unpaired) electrons. The molecule has 2 N–H and O–H groups in total. The molecule has 2 heterocycles. The summed E-state index contributed by atoms with van der Waals surface area (Å²) in [6.07, 6.45) is 4.21. The summed E-state index contributed by atoms with van der Waals surface area (Å²) in [6.45, 7) is -0.130. The van der Waals surface area contributed by atoms with Crippen LogP contribution in [0.3, 0.4) is 0 Å². The Kier molecular flexibility index (Phi) is 3.42. The molecule has 18 heavy (non-hydrogen) atoms. The maximum atomic E-state index is 11.5. The topological polar surface area (TPSA) is 100 Å². The van der Waals surface area contributed by atoms with Crippen molar-refractivity contribution in [3.8, 4) is 0 Å². The lowest BCUT2D eigenvalue weighted by Gasteiger charge is -2.06. The molecule has 0 spiro atoms. The maximum absolute atomic E-state index is 11.5. The minimum absolute atomic E-state index is 0.0550. The highest BCUT2D eigenvalue weighted by atomic mass is 16.5. The van der Waals surface area contributed by atoms with Gasteiger partial charge in [-0.15, -0.1) is 0 Å². The largest absolute Gasteiger partial charge is 0.459 e. The lowest BCUT2D eigenvalue weighted by molar-refractivity contribution is -0.145. The Labute approximate surface area is 102 Å². The van der Waals surface area contributed by atoms with Crippen LogP contribution in [0.2, 0.25) is 0 Å². The third-order valence-electron chi connectivity index (χ3n) is 2.19. The van der Waals surface area contributed by atoms with Gasteiger partial charge in [0.15, 0.2) is 0 Å².